The molecule has 2 unspecified atom stereocenters. The normalized spacial score (nSPS) is 35.3. The highest BCUT2D eigenvalue weighted by Gasteiger charge is 2.45. The predicted molar refractivity (Wildman–Crippen MR) is 80.6 cm³/mol. The summed E-state index contributed by atoms with van der Waals surface area (Å²) < 4.78 is 0. The summed E-state index contributed by atoms with van der Waals surface area (Å²) in [6.45, 7) is 9.92. The van der Waals surface area contributed by atoms with Gasteiger partial charge < -0.3 is 0 Å². The van der Waals surface area contributed by atoms with Gasteiger partial charge >= 0.3 is 0 Å². The minimum Gasteiger partial charge on any atom is -0.0625 e. The Labute approximate surface area is 115 Å². The molecular weight excluding hydrogens is 216 g/mol. The molecule has 0 radical (unpaired) electrons. The van der Waals surface area contributed by atoms with Gasteiger partial charge in [0.1, 0.15) is 0 Å². The van der Waals surface area contributed by atoms with E-state index in [1.54, 1.807) is 0 Å². The molecule has 106 valence electrons. The summed E-state index contributed by atoms with van der Waals surface area (Å²) >= 11 is 0. The molecule has 0 aromatic heterocycles. The van der Waals surface area contributed by atoms with Crippen LogP contribution in [0.5, 0.6) is 0 Å². The molecule has 0 aliphatic heterocycles. The standard InChI is InChI=1S/C18H34/c1-14(2)16-9-8-12-18(13-16,15(3)4)17-10-6-5-7-11-17/h14-17H,5-13H2,1-4H3. The van der Waals surface area contributed by atoms with Crippen molar-refractivity contribution < 1.29 is 0 Å². The molecule has 2 aliphatic rings. The van der Waals surface area contributed by atoms with Crippen molar-refractivity contribution in [3.63, 3.8) is 0 Å². The van der Waals surface area contributed by atoms with Crippen molar-refractivity contribution >= 4 is 0 Å². The molecule has 0 spiro atoms. The zero-order valence-corrected chi connectivity index (χ0v) is 13.2. The molecule has 2 atom stereocenters. The van der Waals surface area contributed by atoms with Gasteiger partial charge in [-0.15, -0.1) is 0 Å². The molecule has 0 heterocycles. The quantitative estimate of drug-likeness (QED) is 0.571. The van der Waals surface area contributed by atoms with E-state index in [0.29, 0.717) is 5.41 Å². The van der Waals surface area contributed by atoms with Crippen LogP contribution >= 0.6 is 0 Å². The van der Waals surface area contributed by atoms with E-state index in [1.807, 2.05) is 0 Å². The summed E-state index contributed by atoms with van der Waals surface area (Å²) in [5.41, 5.74) is 0.702. The van der Waals surface area contributed by atoms with E-state index in [1.165, 1.54) is 57.8 Å². The van der Waals surface area contributed by atoms with Crippen LogP contribution in [-0.4, -0.2) is 0 Å². The van der Waals surface area contributed by atoms with E-state index in [0.717, 1.165) is 23.7 Å². The van der Waals surface area contributed by atoms with Crippen LogP contribution < -0.4 is 0 Å². The van der Waals surface area contributed by atoms with Gasteiger partial charge in [0, 0.05) is 0 Å². The third-order valence-electron chi connectivity index (χ3n) is 6.37. The van der Waals surface area contributed by atoms with Crippen molar-refractivity contribution in [3.05, 3.63) is 0 Å². The van der Waals surface area contributed by atoms with Crippen LogP contribution in [0.25, 0.3) is 0 Å². The largest absolute Gasteiger partial charge is 0.0625 e. The van der Waals surface area contributed by atoms with Crippen LogP contribution in [0.3, 0.4) is 0 Å². The van der Waals surface area contributed by atoms with Crippen LogP contribution in [0.1, 0.15) is 85.5 Å². The molecule has 0 heteroatoms. The zero-order valence-electron chi connectivity index (χ0n) is 13.2. The van der Waals surface area contributed by atoms with Crippen molar-refractivity contribution in [3.8, 4) is 0 Å². The molecule has 0 amide bonds. The van der Waals surface area contributed by atoms with E-state index >= 15 is 0 Å². The van der Waals surface area contributed by atoms with Gasteiger partial charge in [0.2, 0.25) is 0 Å². The first-order valence-corrected chi connectivity index (χ1v) is 8.56. The summed E-state index contributed by atoms with van der Waals surface area (Å²) in [6.07, 6.45) is 13.6. The van der Waals surface area contributed by atoms with E-state index < -0.39 is 0 Å². The number of rotatable bonds is 3. The zero-order chi connectivity index (χ0) is 13.2. The Balaban J connectivity index is 2.14. The van der Waals surface area contributed by atoms with E-state index in [-0.39, 0.29) is 0 Å². The highest BCUT2D eigenvalue weighted by atomic mass is 14.5. The SMILES string of the molecule is CC(C)C1CCCC(C(C)C)(C2CCCCC2)C1. The lowest BCUT2D eigenvalue weighted by molar-refractivity contribution is -0.0130. The summed E-state index contributed by atoms with van der Waals surface area (Å²) in [6, 6.07) is 0. The predicted octanol–water partition coefficient (Wildman–Crippen LogP) is 6.06. The highest BCUT2D eigenvalue weighted by Crippen LogP contribution is 2.55. The molecule has 2 aliphatic carbocycles. The molecule has 2 fully saturated rings. The summed E-state index contributed by atoms with van der Waals surface area (Å²) in [5, 5.41) is 0. The van der Waals surface area contributed by atoms with Gasteiger partial charge in [0.15, 0.2) is 0 Å². The van der Waals surface area contributed by atoms with E-state index in [4.69, 9.17) is 0 Å². The maximum absolute atomic E-state index is 2.51. The summed E-state index contributed by atoms with van der Waals surface area (Å²) in [7, 11) is 0. The fourth-order valence-electron chi connectivity index (χ4n) is 5.00. The topological polar surface area (TPSA) is 0 Å². The molecular formula is C18H34. The van der Waals surface area contributed by atoms with Crippen LogP contribution in [0.2, 0.25) is 0 Å². The van der Waals surface area contributed by atoms with Gasteiger partial charge in [0.05, 0.1) is 0 Å². The molecule has 0 bridgehead atoms. The van der Waals surface area contributed by atoms with Crippen LogP contribution in [0.4, 0.5) is 0 Å². The molecule has 0 saturated heterocycles. The Morgan fingerprint density at radius 3 is 2.06 bits per heavy atom. The Morgan fingerprint density at radius 1 is 0.833 bits per heavy atom. The molecule has 2 saturated carbocycles. The van der Waals surface area contributed by atoms with Crippen molar-refractivity contribution in [2.45, 2.75) is 85.5 Å². The van der Waals surface area contributed by atoms with Gasteiger partial charge in [0.25, 0.3) is 0 Å². The minimum absolute atomic E-state index is 0.702. The first-order valence-electron chi connectivity index (χ1n) is 8.56. The summed E-state index contributed by atoms with van der Waals surface area (Å²) in [5.74, 6) is 3.84. The fraction of sp³-hybridized carbons (Fsp3) is 1.00. The Bertz CT molecular complexity index is 247. The molecule has 2 rings (SSSR count). The maximum Gasteiger partial charge on any atom is -0.0243 e. The van der Waals surface area contributed by atoms with Crippen LogP contribution in [0, 0.1) is 29.1 Å². The van der Waals surface area contributed by atoms with E-state index in [9.17, 15) is 0 Å². The Morgan fingerprint density at radius 2 is 1.50 bits per heavy atom. The maximum atomic E-state index is 2.51. The van der Waals surface area contributed by atoms with Crippen molar-refractivity contribution in [1.82, 2.24) is 0 Å². The minimum atomic E-state index is 0.702. The lowest BCUT2D eigenvalue weighted by Gasteiger charge is -2.51. The van der Waals surface area contributed by atoms with Gasteiger partial charge in [-0.05, 0) is 54.8 Å². The second-order valence-electron chi connectivity index (χ2n) is 7.82. The van der Waals surface area contributed by atoms with Gasteiger partial charge in [-0.2, -0.15) is 0 Å². The highest BCUT2D eigenvalue weighted by molar-refractivity contribution is 4.95. The van der Waals surface area contributed by atoms with Crippen molar-refractivity contribution in [2.24, 2.45) is 29.1 Å². The van der Waals surface area contributed by atoms with Gasteiger partial charge in [-0.3, -0.25) is 0 Å². The number of hydrogen-bond donors (Lipinski definition) is 0. The van der Waals surface area contributed by atoms with Crippen LogP contribution in [0.15, 0.2) is 0 Å². The molecule has 0 nitrogen and oxygen atoms in total. The first-order chi connectivity index (χ1) is 8.56. The Kier molecular flexibility index (Phi) is 4.78. The lowest BCUT2D eigenvalue weighted by atomic mass is 9.54. The Hall–Kier alpha value is 0. The monoisotopic (exact) mass is 250 g/mol. The van der Waals surface area contributed by atoms with Crippen LogP contribution in [-0.2, 0) is 0 Å². The summed E-state index contributed by atoms with van der Waals surface area (Å²) in [4.78, 5) is 0. The number of hydrogen-bond acceptors (Lipinski definition) is 0. The van der Waals surface area contributed by atoms with E-state index in [2.05, 4.69) is 27.7 Å². The van der Waals surface area contributed by atoms with Crippen molar-refractivity contribution in [1.29, 1.82) is 0 Å². The van der Waals surface area contributed by atoms with Gasteiger partial charge in [-0.1, -0.05) is 59.8 Å². The average Bonchev–Trinajstić information content (AvgIpc) is 2.39. The fourth-order valence-corrected chi connectivity index (χ4v) is 5.00. The molecule has 0 aromatic rings. The second kappa shape index (κ2) is 5.97. The van der Waals surface area contributed by atoms with Gasteiger partial charge in [-0.25, -0.2) is 0 Å². The molecule has 0 aromatic carbocycles. The molecule has 0 N–H and O–H groups in total. The molecule has 18 heavy (non-hydrogen) atoms. The first kappa shape index (κ1) is 14.4. The average molecular weight is 250 g/mol. The lowest BCUT2D eigenvalue weighted by Crippen LogP contribution is -2.42. The third kappa shape index (κ3) is 2.78. The van der Waals surface area contributed by atoms with Crippen molar-refractivity contribution in [2.75, 3.05) is 0 Å². The smallest absolute Gasteiger partial charge is 0.0243 e. The third-order valence-corrected chi connectivity index (χ3v) is 6.37. The second-order valence-corrected chi connectivity index (χ2v) is 7.82.